The van der Waals surface area contributed by atoms with E-state index in [1.54, 1.807) is 6.07 Å². The molecule has 1 saturated heterocycles. The zero-order chi connectivity index (χ0) is 15.5. The van der Waals surface area contributed by atoms with E-state index in [-0.39, 0.29) is 23.6 Å². The second kappa shape index (κ2) is 7.02. The molecule has 5 nitrogen and oxygen atoms in total. The Balaban J connectivity index is 2.20. The van der Waals surface area contributed by atoms with Crippen LogP contribution in [-0.2, 0) is 14.8 Å². The summed E-state index contributed by atoms with van der Waals surface area (Å²) in [6.45, 7) is 2.02. The third kappa shape index (κ3) is 4.89. The van der Waals surface area contributed by atoms with Crippen LogP contribution in [0.25, 0.3) is 0 Å². The van der Waals surface area contributed by atoms with Crippen molar-refractivity contribution in [2.24, 2.45) is 5.92 Å². The van der Waals surface area contributed by atoms with E-state index >= 15 is 0 Å². The molecule has 0 saturated carbocycles. The predicted molar refractivity (Wildman–Crippen MR) is 79.3 cm³/mol. The summed E-state index contributed by atoms with van der Waals surface area (Å²) >= 11 is 5.81. The Morgan fingerprint density at radius 1 is 1.52 bits per heavy atom. The van der Waals surface area contributed by atoms with E-state index in [1.165, 1.54) is 12.1 Å². The lowest BCUT2D eigenvalue weighted by molar-refractivity contribution is 0.0322. The molecule has 0 aromatic heterocycles. The van der Waals surface area contributed by atoms with Crippen LogP contribution in [0.1, 0.15) is 11.7 Å². The monoisotopic (exact) mass is 336 g/mol. The van der Waals surface area contributed by atoms with Crippen molar-refractivity contribution in [3.05, 3.63) is 34.6 Å². The highest BCUT2D eigenvalue weighted by atomic mass is 35.5. The van der Waals surface area contributed by atoms with Crippen LogP contribution >= 0.6 is 11.6 Å². The molecule has 1 aromatic rings. The van der Waals surface area contributed by atoms with Crippen LogP contribution in [0.5, 0.6) is 0 Å². The summed E-state index contributed by atoms with van der Waals surface area (Å²) in [7, 11) is -3.28. The van der Waals surface area contributed by atoms with Crippen molar-refractivity contribution in [1.29, 1.82) is 0 Å². The van der Waals surface area contributed by atoms with Gasteiger partial charge in [-0.1, -0.05) is 17.7 Å². The number of ether oxygens (including phenoxy) is 1. The molecule has 2 N–H and O–H groups in total. The largest absolute Gasteiger partial charge is 0.372 e. The number of rotatable bonds is 4. The Labute approximate surface area is 128 Å². The number of benzene rings is 1. The normalized spacial score (nSPS) is 23.8. The highest BCUT2D eigenvalue weighted by Gasteiger charge is 2.27. The van der Waals surface area contributed by atoms with Gasteiger partial charge in [0.15, 0.2) is 0 Å². The van der Waals surface area contributed by atoms with E-state index in [4.69, 9.17) is 16.3 Å². The lowest BCUT2D eigenvalue weighted by Gasteiger charge is -2.25. The smallest absolute Gasteiger partial charge is 0.208 e. The van der Waals surface area contributed by atoms with Crippen molar-refractivity contribution in [3.63, 3.8) is 0 Å². The van der Waals surface area contributed by atoms with E-state index in [0.717, 1.165) is 11.8 Å². The second-order valence-corrected chi connectivity index (χ2v) is 7.29. The van der Waals surface area contributed by atoms with Crippen molar-refractivity contribution in [2.45, 2.75) is 6.10 Å². The Morgan fingerprint density at radius 2 is 2.29 bits per heavy atom. The highest BCUT2D eigenvalue weighted by Crippen LogP contribution is 2.29. The average molecular weight is 337 g/mol. The van der Waals surface area contributed by atoms with Crippen molar-refractivity contribution in [2.75, 3.05) is 32.5 Å². The number of halogens is 2. The van der Waals surface area contributed by atoms with Gasteiger partial charge in [-0.05, 0) is 17.7 Å². The van der Waals surface area contributed by atoms with Crippen LogP contribution in [0.2, 0.25) is 5.02 Å². The first-order valence-electron chi connectivity index (χ1n) is 6.59. The zero-order valence-corrected chi connectivity index (χ0v) is 13.2. The summed E-state index contributed by atoms with van der Waals surface area (Å²) in [6, 6.07) is 4.44. The first-order valence-corrected chi connectivity index (χ1v) is 8.85. The van der Waals surface area contributed by atoms with Crippen molar-refractivity contribution >= 4 is 21.6 Å². The minimum atomic E-state index is -3.28. The number of sulfonamides is 1. The van der Waals surface area contributed by atoms with Crippen LogP contribution in [0.15, 0.2) is 18.2 Å². The summed E-state index contributed by atoms with van der Waals surface area (Å²) in [4.78, 5) is 0. The Bertz CT molecular complexity index is 597. The number of hydrogen-bond donors (Lipinski definition) is 2. The first kappa shape index (κ1) is 16.6. The van der Waals surface area contributed by atoms with Crippen LogP contribution < -0.4 is 10.0 Å². The molecule has 118 valence electrons. The molecule has 2 atom stereocenters. The average Bonchev–Trinajstić information content (AvgIpc) is 2.64. The molecule has 1 fully saturated rings. The molecule has 21 heavy (non-hydrogen) atoms. The van der Waals surface area contributed by atoms with E-state index < -0.39 is 15.8 Å². The molecule has 8 heteroatoms. The van der Waals surface area contributed by atoms with Gasteiger partial charge in [0.1, 0.15) is 5.82 Å². The summed E-state index contributed by atoms with van der Waals surface area (Å²) in [6.07, 6.45) is 0.772. The van der Waals surface area contributed by atoms with Crippen LogP contribution in [-0.4, -0.2) is 40.9 Å². The number of hydrogen-bond acceptors (Lipinski definition) is 4. The van der Waals surface area contributed by atoms with Gasteiger partial charge in [0.2, 0.25) is 10.0 Å². The topological polar surface area (TPSA) is 67.4 Å². The molecule has 0 radical (unpaired) electrons. The van der Waals surface area contributed by atoms with Crippen LogP contribution in [0.4, 0.5) is 4.39 Å². The molecule has 0 amide bonds. The fraction of sp³-hybridized carbons (Fsp3) is 0.538. The maximum absolute atomic E-state index is 13.3. The fourth-order valence-corrected chi connectivity index (χ4v) is 2.99. The fourth-order valence-electron chi connectivity index (χ4n) is 2.28. The summed E-state index contributed by atoms with van der Waals surface area (Å²) in [5.74, 6) is -0.596. The van der Waals surface area contributed by atoms with Crippen molar-refractivity contribution in [1.82, 2.24) is 10.0 Å². The molecule has 1 aliphatic heterocycles. The second-order valence-electron chi connectivity index (χ2n) is 5.05. The van der Waals surface area contributed by atoms with Crippen LogP contribution in [0.3, 0.4) is 0 Å². The molecule has 0 aliphatic carbocycles. The van der Waals surface area contributed by atoms with Crippen molar-refractivity contribution in [3.8, 4) is 0 Å². The SMILES string of the molecule is CS(=O)(=O)NC[C@H]1CNCCO[C@@H]1c1ccc(F)c(Cl)c1. The van der Waals surface area contributed by atoms with Gasteiger partial charge in [-0.2, -0.15) is 0 Å². The van der Waals surface area contributed by atoms with Gasteiger partial charge in [-0.25, -0.2) is 17.5 Å². The molecule has 2 rings (SSSR count). The minimum Gasteiger partial charge on any atom is -0.372 e. The number of nitrogens with one attached hydrogen (secondary N) is 2. The molecular weight excluding hydrogens is 319 g/mol. The maximum Gasteiger partial charge on any atom is 0.208 e. The quantitative estimate of drug-likeness (QED) is 0.870. The standard InChI is InChI=1S/C13H18ClFN2O3S/c1-21(18,19)17-8-10-7-16-4-5-20-13(10)9-2-3-12(15)11(14)6-9/h2-3,6,10,13,16-17H,4-5,7-8H2,1H3/t10-,13-/m1/s1. The van der Waals surface area contributed by atoms with Gasteiger partial charge in [0.05, 0.1) is 24.0 Å². The van der Waals surface area contributed by atoms with Gasteiger partial charge < -0.3 is 10.1 Å². The summed E-state index contributed by atoms with van der Waals surface area (Å²) in [5, 5.41) is 3.22. The Morgan fingerprint density at radius 3 is 2.95 bits per heavy atom. The van der Waals surface area contributed by atoms with E-state index in [0.29, 0.717) is 19.7 Å². The van der Waals surface area contributed by atoms with E-state index in [2.05, 4.69) is 10.0 Å². The third-order valence-electron chi connectivity index (χ3n) is 3.29. The van der Waals surface area contributed by atoms with Gasteiger partial charge in [0.25, 0.3) is 0 Å². The molecule has 1 aromatic carbocycles. The molecular formula is C13H18ClFN2O3S. The molecule has 0 spiro atoms. The maximum atomic E-state index is 13.3. The lowest BCUT2D eigenvalue weighted by Crippen LogP contribution is -2.36. The molecule has 1 aliphatic rings. The van der Waals surface area contributed by atoms with Gasteiger partial charge in [-0.15, -0.1) is 0 Å². The van der Waals surface area contributed by atoms with Gasteiger partial charge in [-0.3, -0.25) is 0 Å². The summed E-state index contributed by atoms with van der Waals surface area (Å²) in [5.41, 5.74) is 0.741. The predicted octanol–water partition coefficient (Wildman–Crippen LogP) is 1.31. The zero-order valence-electron chi connectivity index (χ0n) is 11.6. The summed E-state index contributed by atoms with van der Waals surface area (Å²) < 4.78 is 44.1. The Hall–Kier alpha value is -0.730. The lowest BCUT2D eigenvalue weighted by atomic mass is 9.95. The molecule has 1 heterocycles. The van der Waals surface area contributed by atoms with Gasteiger partial charge in [0, 0.05) is 25.6 Å². The molecule has 0 bridgehead atoms. The molecule has 0 unspecified atom stereocenters. The van der Waals surface area contributed by atoms with Crippen LogP contribution in [0, 0.1) is 11.7 Å². The minimum absolute atomic E-state index is 0.0307. The Kier molecular flexibility index (Phi) is 5.56. The van der Waals surface area contributed by atoms with E-state index in [1.807, 2.05) is 0 Å². The van der Waals surface area contributed by atoms with E-state index in [9.17, 15) is 12.8 Å². The van der Waals surface area contributed by atoms with Gasteiger partial charge >= 0.3 is 0 Å². The van der Waals surface area contributed by atoms with Crippen molar-refractivity contribution < 1.29 is 17.5 Å². The highest BCUT2D eigenvalue weighted by molar-refractivity contribution is 7.88. The first-order chi connectivity index (χ1) is 9.87. The third-order valence-corrected chi connectivity index (χ3v) is 4.27.